The highest BCUT2D eigenvalue weighted by Crippen LogP contribution is 2.37. The maximum absolute atomic E-state index is 5.71. The van der Waals surface area contributed by atoms with E-state index in [-0.39, 0.29) is 5.79 Å². The zero-order chi connectivity index (χ0) is 12.8. The van der Waals surface area contributed by atoms with E-state index in [1.54, 1.807) is 0 Å². The minimum absolute atomic E-state index is 0.338. The molecule has 1 heterocycles. The topological polar surface area (TPSA) is 30.8 Å². The summed E-state index contributed by atoms with van der Waals surface area (Å²) in [7, 11) is 0. The number of rotatable bonds is 3. The summed E-state index contributed by atoms with van der Waals surface area (Å²) in [5.41, 5.74) is 2.35. The summed E-state index contributed by atoms with van der Waals surface area (Å²) in [5.74, 6) is -0.338. The molecule has 1 spiro atoms. The fraction of sp³-hybridized carbons (Fsp3) is 0.533. The average Bonchev–Trinajstić information content (AvgIpc) is 2.85. The molecule has 0 aromatic heterocycles. The molecule has 0 bridgehead atoms. The van der Waals surface area contributed by atoms with E-state index >= 15 is 0 Å². The van der Waals surface area contributed by atoms with Gasteiger partial charge in [-0.05, 0) is 31.9 Å². The molecule has 0 amide bonds. The summed E-state index contributed by atoms with van der Waals surface area (Å²) in [6, 6.07) is 0. The molecule has 18 heavy (non-hydrogen) atoms. The average molecular weight is 247 g/mol. The summed E-state index contributed by atoms with van der Waals surface area (Å²) >= 11 is 0. The van der Waals surface area contributed by atoms with Crippen molar-refractivity contribution in [3.05, 3.63) is 35.6 Å². The highest BCUT2D eigenvalue weighted by atomic mass is 16.7. The minimum atomic E-state index is -0.338. The molecule has 0 unspecified atom stereocenters. The summed E-state index contributed by atoms with van der Waals surface area (Å²) < 4.78 is 11.4. The zero-order valence-electron chi connectivity index (χ0n) is 11.2. The molecule has 0 saturated carbocycles. The fourth-order valence-corrected chi connectivity index (χ4v) is 2.35. The van der Waals surface area contributed by atoms with Gasteiger partial charge in [-0.1, -0.05) is 18.2 Å². The van der Waals surface area contributed by atoms with Crippen LogP contribution in [0.5, 0.6) is 0 Å². The van der Waals surface area contributed by atoms with E-state index in [0.29, 0.717) is 0 Å². The van der Waals surface area contributed by atoms with Crippen molar-refractivity contribution >= 4 is 6.21 Å². The van der Waals surface area contributed by atoms with Crippen molar-refractivity contribution < 1.29 is 9.47 Å². The highest BCUT2D eigenvalue weighted by Gasteiger charge is 2.37. The molecule has 3 heteroatoms. The molecule has 3 nitrogen and oxygen atoms in total. The molecule has 1 aliphatic carbocycles. The lowest BCUT2D eigenvalue weighted by molar-refractivity contribution is -0.161. The van der Waals surface area contributed by atoms with Crippen LogP contribution in [-0.4, -0.2) is 25.2 Å². The predicted octanol–water partition coefficient (Wildman–Crippen LogP) is 3.39. The Balaban J connectivity index is 2.03. The smallest absolute Gasteiger partial charge is 0.172 e. The van der Waals surface area contributed by atoms with Gasteiger partial charge in [0, 0.05) is 19.1 Å². The van der Waals surface area contributed by atoms with E-state index in [0.717, 1.165) is 38.2 Å². The first-order chi connectivity index (χ1) is 8.79. The minimum Gasteiger partial charge on any atom is -0.347 e. The summed E-state index contributed by atoms with van der Waals surface area (Å²) in [5, 5.41) is 0. The molecule has 0 N–H and O–H groups in total. The van der Waals surface area contributed by atoms with E-state index in [1.807, 2.05) is 32.2 Å². The SMILES string of the molecule is C\C=C/C=N\C(=C/C)C1=CCC2(CC1)OCCO2. The Bertz CT molecular complexity index is 399. The number of hydrogen-bond donors (Lipinski definition) is 0. The van der Waals surface area contributed by atoms with Crippen molar-refractivity contribution in [2.45, 2.75) is 38.9 Å². The van der Waals surface area contributed by atoms with Gasteiger partial charge in [-0.3, -0.25) is 4.99 Å². The molecule has 1 saturated heterocycles. The second-order valence-corrected chi connectivity index (χ2v) is 4.52. The van der Waals surface area contributed by atoms with Gasteiger partial charge in [0.2, 0.25) is 0 Å². The van der Waals surface area contributed by atoms with Gasteiger partial charge in [-0.25, -0.2) is 0 Å². The fourth-order valence-electron chi connectivity index (χ4n) is 2.35. The van der Waals surface area contributed by atoms with E-state index in [4.69, 9.17) is 9.47 Å². The molecular formula is C15H21NO2. The quantitative estimate of drug-likeness (QED) is 0.716. The van der Waals surface area contributed by atoms with Gasteiger partial charge in [-0.2, -0.15) is 0 Å². The lowest BCUT2D eigenvalue weighted by atomic mass is 9.92. The third-order valence-electron chi connectivity index (χ3n) is 3.34. The standard InChI is InChI=1S/C15H21NO2/c1-3-5-10-16-14(4-2)13-6-8-15(9-7-13)17-11-12-18-15/h3-6,10H,7-9,11-12H2,1-2H3/b5-3-,14-4-,16-10-. The maximum Gasteiger partial charge on any atom is 0.172 e. The van der Waals surface area contributed by atoms with Gasteiger partial charge in [-0.15, -0.1) is 0 Å². The number of hydrogen-bond acceptors (Lipinski definition) is 3. The summed E-state index contributed by atoms with van der Waals surface area (Å²) in [6.07, 6.45) is 12.7. The van der Waals surface area contributed by atoms with Crippen molar-refractivity contribution in [2.75, 3.05) is 13.2 Å². The molecular weight excluding hydrogens is 226 g/mol. The molecule has 98 valence electrons. The Morgan fingerprint density at radius 2 is 2.11 bits per heavy atom. The van der Waals surface area contributed by atoms with Crippen LogP contribution in [0.15, 0.2) is 40.6 Å². The van der Waals surface area contributed by atoms with Gasteiger partial charge in [0.25, 0.3) is 0 Å². The Labute approximate surface area is 109 Å². The Hall–Kier alpha value is -1.19. The molecule has 0 atom stereocenters. The van der Waals surface area contributed by atoms with Crippen LogP contribution in [0.4, 0.5) is 0 Å². The predicted molar refractivity (Wildman–Crippen MR) is 73.6 cm³/mol. The van der Waals surface area contributed by atoms with Gasteiger partial charge in [0.15, 0.2) is 5.79 Å². The second-order valence-electron chi connectivity index (χ2n) is 4.52. The monoisotopic (exact) mass is 247 g/mol. The van der Waals surface area contributed by atoms with Crippen LogP contribution in [0.3, 0.4) is 0 Å². The van der Waals surface area contributed by atoms with Crippen LogP contribution in [-0.2, 0) is 9.47 Å². The van der Waals surface area contributed by atoms with Gasteiger partial charge >= 0.3 is 0 Å². The first kappa shape index (κ1) is 13.2. The van der Waals surface area contributed by atoms with Crippen molar-refractivity contribution in [3.8, 4) is 0 Å². The Morgan fingerprint density at radius 3 is 2.67 bits per heavy atom. The van der Waals surface area contributed by atoms with Crippen LogP contribution in [0.25, 0.3) is 0 Å². The van der Waals surface area contributed by atoms with Crippen molar-refractivity contribution in [1.29, 1.82) is 0 Å². The first-order valence-electron chi connectivity index (χ1n) is 6.59. The third-order valence-corrected chi connectivity index (χ3v) is 3.34. The van der Waals surface area contributed by atoms with Gasteiger partial charge < -0.3 is 9.47 Å². The van der Waals surface area contributed by atoms with Crippen LogP contribution >= 0.6 is 0 Å². The van der Waals surface area contributed by atoms with Crippen molar-refractivity contribution in [2.24, 2.45) is 4.99 Å². The first-order valence-corrected chi connectivity index (χ1v) is 6.59. The van der Waals surface area contributed by atoms with E-state index in [9.17, 15) is 0 Å². The lowest BCUT2D eigenvalue weighted by Gasteiger charge is -2.30. The summed E-state index contributed by atoms with van der Waals surface area (Å²) in [6.45, 7) is 5.45. The van der Waals surface area contributed by atoms with Crippen LogP contribution in [0.1, 0.15) is 33.1 Å². The van der Waals surface area contributed by atoms with E-state index in [1.165, 1.54) is 5.57 Å². The van der Waals surface area contributed by atoms with E-state index < -0.39 is 0 Å². The lowest BCUT2D eigenvalue weighted by Crippen LogP contribution is -2.31. The van der Waals surface area contributed by atoms with Crippen LogP contribution < -0.4 is 0 Å². The number of nitrogens with zero attached hydrogens (tertiary/aromatic N) is 1. The molecule has 0 radical (unpaired) electrons. The van der Waals surface area contributed by atoms with Crippen LogP contribution in [0, 0.1) is 0 Å². The molecule has 0 aromatic carbocycles. The molecule has 0 aromatic rings. The van der Waals surface area contributed by atoms with Crippen molar-refractivity contribution in [1.82, 2.24) is 0 Å². The molecule has 2 rings (SSSR count). The number of ether oxygens (including phenoxy) is 2. The van der Waals surface area contributed by atoms with Gasteiger partial charge in [0.05, 0.1) is 18.9 Å². The maximum atomic E-state index is 5.71. The normalized spacial score (nSPS) is 24.3. The molecule has 2 aliphatic rings. The highest BCUT2D eigenvalue weighted by molar-refractivity contribution is 5.72. The number of allylic oxidation sites excluding steroid dienone is 4. The largest absolute Gasteiger partial charge is 0.347 e. The molecule has 1 fully saturated rings. The second kappa shape index (κ2) is 6.12. The van der Waals surface area contributed by atoms with Crippen LogP contribution in [0.2, 0.25) is 0 Å². The van der Waals surface area contributed by atoms with E-state index in [2.05, 4.69) is 17.1 Å². The summed E-state index contributed by atoms with van der Waals surface area (Å²) in [4.78, 5) is 4.47. The third kappa shape index (κ3) is 2.98. The Kier molecular flexibility index (Phi) is 4.50. The molecule has 1 aliphatic heterocycles. The number of aliphatic imine (C=N–C) groups is 1. The van der Waals surface area contributed by atoms with Crippen molar-refractivity contribution in [3.63, 3.8) is 0 Å². The van der Waals surface area contributed by atoms with Gasteiger partial charge in [0.1, 0.15) is 0 Å². The Morgan fingerprint density at radius 1 is 1.33 bits per heavy atom. The zero-order valence-corrected chi connectivity index (χ0v) is 11.2.